The smallest absolute Gasteiger partial charge is 0.256 e. The topological polar surface area (TPSA) is 46.3 Å². The quantitative estimate of drug-likeness (QED) is 0.798. The molecule has 2 N–H and O–H groups in total. The van der Waals surface area contributed by atoms with E-state index in [9.17, 15) is 4.79 Å². The first kappa shape index (κ1) is 14.7. The largest absolute Gasteiger partial charge is 0.398 e. The highest BCUT2D eigenvalue weighted by Gasteiger charge is 2.39. The van der Waals surface area contributed by atoms with Crippen molar-refractivity contribution in [2.24, 2.45) is 11.8 Å². The van der Waals surface area contributed by atoms with E-state index in [-0.39, 0.29) is 5.91 Å². The van der Waals surface area contributed by atoms with Crippen molar-refractivity contribution in [2.45, 2.75) is 45.1 Å². The Labute approximate surface area is 131 Å². The number of anilines is 1. The van der Waals surface area contributed by atoms with Crippen molar-refractivity contribution in [2.75, 3.05) is 12.3 Å². The minimum Gasteiger partial charge on any atom is -0.398 e. The van der Waals surface area contributed by atoms with Crippen molar-refractivity contribution in [1.29, 1.82) is 0 Å². The molecule has 3 unspecified atom stereocenters. The fraction of sp³-hybridized carbons (Fsp3) is 0.588. The lowest BCUT2D eigenvalue weighted by Gasteiger charge is -2.47. The van der Waals surface area contributed by atoms with Crippen molar-refractivity contribution in [3.63, 3.8) is 0 Å². The lowest BCUT2D eigenvalue weighted by atomic mass is 9.72. The number of halogens is 1. The number of hydrogen-bond acceptors (Lipinski definition) is 2. The third kappa shape index (κ3) is 2.76. The van der Waals surface area contributed by atoms with Crippen molar-refractivity contribution < 1.29 is 4.79 Å². The van der Waals surface area contributed by atoms with Gasteiger partial charge >= 0.3 is 0 Å². The van der Waals surface area contributed by atoms with Crippen LogP contribution in [-0.2, 0) is 0 Å². The zero-order valence-electron chi connectivity index (χ0n) is 12.5. The molecule has 21 heavy (non-hydrogen) atoms. The summed E-state index contributed by atoms with van der Waals surface area (Å²) in [6.07, 6.45) is 5.99. The maximum absolute atomic E-state index is 12.9. The first-order valence-corrected chi connectivity index (χ1v) is 8.31. The molecule has 0 radical (unpaired) electrons. The van der Waals surface area contributed by atoms with Gasteiger partial charge in [0, 0.05) is 23.3 Å². The number of piperidine rings is 1. The first-order valence-electron chi connectivity index (χ1n) is 7.94. The van der Waals surface area contributed by atoms with E-state index in [0.717, 1.165) is 25.3 Å². The molecule has 0 spiro atoms. The molecule has 0 aromatic heterocycles. The number of nitrogen functional groups attached to an aromatic ring is 1. The van der Waals surface area contributed by atoms with Crippen LogP contribution < -0.4 is 5.73 Å². The molecule has 1 saturated heterocycles. The van der Waals surface area contributed by atoms with Crippen LogP contribution in [0.15, 0.2) is 18.2 Å². The number of fused-ring (bicyclic) bond motifs is 1. The summed E-state index contributed by atoms with van der Waals surface area (Å²) >= 11 is 6.03. The molecule has 2 aliphatic rings. The number of amides is 1. The Balaban J connectivity index is 1.88. The summed E-state index contributed by atoms with van der Waals surface area (Å²) in [5.74, 6) is 1.42. The molecule has 114 valence electrons. The number of likely N-dealkylation sites (tertiary alicyclic amines) is 1. The maximum atomic E-state index is 12.9. The van der Waals surface area contributed by atoms with E-state index in [1.54, 1.807) is 18.2 Å². The molecule has 0 bridgehead atoms. The lowest BCUT2D eigenvalue weighted by Crippen LogP contribution is -2.52. The van der Waals surface area contributed by atoms with E-state index in [1.807, 2.05) is 0 Å². The van der Waals surface area contributed by atoms with Gasteiger partial charge in [-0.15, -0.1) is 0 Å². The Bertz CT molecular complexity index is 546. The molecule has 3 rings (SSSR count). The summed E-state index contributed by atoms with van der Waals surface area (Å²) in [6, 6.07) is 5.54. The molecule has 3 nitrogen and oxygen atoms in total. The molecule has 1 saturated carbocycles. The molecule has 1 aromatic carbocycles. The second kappa shape index (κ2) is 5.88. The van der Waals surface area contributed by atoms with Crippen LogP contribution >= 0.6 is 11.6 Å². The van der Waals surface area contributed by atoms with Gasteiger partial charge in [0.1, 0.15) is 0 Å². The van der Waals surface area contributed by atoms with Crippen LogP contribution in [0, 0.1) is 11.8 Å². The Kier molecular flexibility index (Phi) is 4.12. The van der Waals surface area contributed by atoms with Crippen LogP contribution in [0.3, 0.4) is 0 Å². The van der Waals surface area contributed by atoms with Gasteiger partial charge in [-0.05, 0) is 49.3 Å². The number of benzene rings is 1. The van der Waals surface area contributed by atoms with E-state index in [4.69, 9.17) is 17.3 Å². The maximum Gasteiger partial charge on any atom is 0.256 e. The van der Waals surface area contributed by atoms with Crippen LogP contribution in [0.4, 0.5) is 5.69 Å². The van der Waals surface area contributed by atoms with Gasteiger partial charge < -0.3 is 10.6 Å². The summed E-state index contributed by atoms with van der Waals surface area (Å²) in [5.41, 5.74) is 7.07. The van der Waals surface area contributed by atoms with Gasteiger partial charge in [0.05, 0.1) is 5.56 Å². The minimum atomic E-state index is 0.0544. The van der Waals surface area contributed by atoms with Gasteiger partial charge in [0.15, 0.2) is 0 Å². The first-order chi connectivity index (χ1) is 10.1. The average Bonchev–Trinajstić information content (AvgIpc) is 2.50. The standard InChI is InChI=1S/C17H23ClN2O/c1-11-8-9-20(16-5-3-2-4-13(11)16)17(21)14-10-12(18)6-7-15(14)19/h6-7,10-11,13,16H,2-5,8-9,19H2,1H3. The molecule has 1 aliphatic carbocycles. The zero-order chi connectivity index (χ0) is 15.0. The minimum absolute atomic E-state index is 0.0544. The molecular weight excluding hydrogens is 284 g/mol. The monoisotopic (exact) mass is 306 g/mol. The van der Waals surface area contributed by atoms with Gasteiger partial charge in [-0.1, -0.05) is 31.4 Å². The average molecular weight is 307 g/mol. The number of nitrogens with two attached hydrogens (primary N) is 1. The number of nitrogens with zero attached hydrogens (tertiary/aromatic N) is 1. The molecule has 4 heteroatoms. The van der Waals surface area contributed by atoms with E-state index < -0.39 is 0 Å². The number of carbonyl (C=O) groups excluding carboxylic acids is 1. The predicted octanol–water partition coefficient (Wildman–Crippen LogP) is 3.96. The molecular formula is C17H23ClN2O. The fourth-order valence-electron chi connectivity index (χ4n) is 4.03. The Morgan fingerprint density at radius 1 is 1.29 bits per heavy atom. The zero-order valence-corrected chi connectivity index (χ0v) is 13.3. The molecule has 1 amide bonds. The van der Waals surface area contributed by atoms with Gasteiger partial charge in [0.2, 0.25) is 0 Å². The summed E-state index contributed by atoms with van der Waals surface area (Å²) in [7, 11) is 0. The van der Waals surface area contributed by atoms with Crippen LogP contribution in [0.25, 0.3) is 0 Å². The predicted molar refractivity (Wildman–Crippen MR) is 86.4 cm³/mol. The highest BCUT2D eigenvalue weighted by molar-refractivity contribution is 6.31. The normalized spacial score (nSPS) is 29.0. The van der Waals surface area contributed by atoms with Crippen molar-refractivity contribution in [3.8, 4) is 0 Å². The Morgan fingerprint density at radius 3 is 2.86 bits per heavy atom. The van der Waals surface area contributed by atoms with Crippen molar-refractivity contribution >= 4 is 23.2 Å². The highest BCUT2D eigenvalue weighted by atomic mass is 35.5. The molecule has 1 aliphatic heterocycles. The van der Waals surface area contributed by atoms with Crippen LogP contribution in [0.5, 0.6) is 0 Å². The SMILES string of the molecule is CC1CCN(C(=O)c2cc(Cl)ccc2N)C2CCCCC12. The summed E-state index contributed by atoms with van der Waals surface area (Å²) in [6.45, 7) is 3.17. The summed E-state index contributed by atoms with van der Waals surface area (Å²) < 4.78 is 0. The van der Waals surface area contributed by atoms with E-state index in [1.165, 1.54) is 19.3 Å². The third-order valence-electron chi connectivity index (χ3n) is 5.24. The highest BCUT2D eigenvalue weighted by Crippen LogP contribution is 2.39. The van der Waals surface area contributed by atoms with Gasteiger partial charge in [-0.2, -0.15) is 0 Å². The second-order valence-corrected chi connectivity index (χ2v) is 6.95. The lowest BCUT2D eigenvalue weighted by molar-refractivity contribution is 0.0218. The van der Waals surface area contributed by atoms with E-state index in [2.05, 4.69) is 11.8 Å². The fourth-order valence-corrected chi connectivity index (χ4v) is 4.21. The number of carbonyl (C=O) groups is 1. The van der Waals surface area contributed by atoms with Crippen LogP contribution in [0.2, 0.25) is 5.02 Å². The van der Waals surface area contributed by atoms with Gasteiger partial charge in [-0.25, -0.2) is 0 Å². The second-order valence-electron chi connectivity index (χ2n) is 6.51. The third-order valence-corrected chi connectivity index (χ3v) is 5.48. The Hall–Kier alpha value is -1.22. The van der Waals surface area contributed by atoms with E-state index in [0.29, 0.717) is 28.2 Å². The van der Waals surface area contributed by atoms with Crippen molar-refractivity contribution in [1.82, 2.24) is 4.90 Å². The number of hydrogen-bond donors (Lipinski definition) is 1. The van der Waals surface area contributed by atoms with Crippen molar-refractivity contribution in [3.05, 3.63) is 28.8 Å². The van der Waals surface area contributed by atoms with Crippen LogP contribution in [-0.4, -0.2) is 23.4 Å². The molecule has 3 atom stereocenters. The Morgan fingerprint density at radius 2 is 2.05 bits per heavy atom. The van der Waals surface area contributed by atoms with Crippen LogP contribution in [0.1, 0.15) is 49.4 Å². The summed E-state index contributed by atoms with van der Waals surface area (Å²) in [5, 5.41) is 0.568. The number of rotatable bonds is 1. The molecule has 1 aromatic rings. The molecule has 2 fully saturated rings. The summed E-state index contributed by atoms with van der Waals surface area (Å²) in [4.78, 5) is 15.0. The van der Waals surface area contributed by atoms with Gasteiger partial charge in [0.25, 0.3) is 5.91 Å². The van der Waals surface area contributed by atoms with E-state index >= 15 is 0 Å². The van der Waals surface area contributed by atoms with Gasteiger partial charge in [-0.3, -0.25) is 4.79 Å². The molecule has 1 heterocycles.